The number of carbonyl (C=O) groups excluding carboxylic acids is 1. The largest absolute Gasteiger partial charge is 0.490 e. The molecule has 0 aliphatic rings. The number of rotatable bonds is 10. The number of amides is 1. The van der Waals surface area contributed by atoms with Gasteiger partial charge in [-0.05, 0) is 73.9 Å². The summed E-state index contributed by atoms with van der Waals surface area (Å²) in [5.74, 6) is 1.26. The Hall–Kier alpha value is -3.98. The molecule has 1 atom stereocenters. The number of para-hydroxylation sites is 1. The predicted octanol–water partition coefficient (Wildman–Crippen LogP) is 6.28. The fourth-order valence-electron chi connectivity index (χ4n) is 3.94. The highest BCUT2D eigenvalue weighted by Gasteiger charge is 2.16. The van der Waals surface area contributed by atoms with Crippen molar-refractivity contribution in [1.82, 2.24) is 9.66 Å². The average molecular weight is 592 g/mol. The van der Waals surface area contributed by atoms with Crippen molar-refractivity contribution in [3.8, 4) is 11.5 Å². The van der Waals surface area contributed by atoms with Gasteiger partial charge in [-0.2, -0.15) is 9.78 Å². The van der Waals surface area contributed by atoms with Gasteiger partial charge >= 0.3 is 0 Å². The molecule has 3 aromatic carbocycles. The molecule has 202 valence electrons. The third-order valence-corrected chi connectivity index (χ3v) is 6.75. The van der Waals surface area contributed by atoms with E-state index in [1.54, 1.807) is 30.5 Å². The molecule has 1 N–H and O–H groups in total. The normalized spacial score (nSPS) is 12.0. The first-order valence-electron chi connectivity index (χ1n) is 12.8. The molecule has 9 heteroatoms. The van der Waals surface area contributed by atoms with Crippen molar-refractivity contribution in [3.63, 3.8) is 0 Å². The summed E-state index contributed by atoms with van der Waals surface area (Å²) < 4.78 is 13.7. The highest BCUT2D eigenvalue weighted by Crippen LogP contribution is 2.28. The van der Waals surface area contributed by atoms with Crippen molar-refractivity contribution in [2.45, 2.75) is 40.0 Å². The molecule has 1 aromatic heterocycles. The first-order valence-corrected chi connectivity index (χ1v) is 13.6. The van der Waals surface area contributed by atoms with Crippen molar-refractivity contribution >= 4 is 44.6 Å². The van der Waals surface area contributed by atoms with Crippen LogP contribution in [0, 0.1) is 6.92 Å². The van der Waals surface area contributed by atoms with Crippen LogP contribution < -0.4 is 20.3 Å². The Bertz CT molecular complexity index is 1580. The van der Waals surface area contributed by atoms with Crippen LogP contribution in [0.15, 0.2) is 75.0 Å². The molecular weight excluding hydrogens is 560 g/mol. The van der Waals surface area contributed by atoms with Crippen LogP contribution in [0.4, 0.5) is 5.69 Å². The number of ether oxygens (including phenoxy) is 2. The van der Waals surface area contributed by atoms with Gasteiger partial charge in [0, 0.05) is 16.1 Å². The highest BCUT2D eigenvalue weighted by molar-refractivity contribution is 9.10. The Labute approximate surface area is 235 Å². The lowest BCUT2D eigenvalue weighted by Crippen LogP contribution is -2.23. The van der Waals surface area contributed by atoms with Crippen LogP contribution in [0.3, 0.4) is 0 Å². The molecule has 0 aliphatic heterocycles. The Balaban J connectivity index is 1.59. The quantitative estimate of drug-likeness (QED) is 0.219. The molecule has 1 heterocycles. The van der Waals surface area contributed by atoms with Crippen molar-refractivity contribution in [2.24, 2.45) is 5.10 Å². The Morgan fingerprint density at radius 2 is 1.90 bits per heavy atom. The molecule has 39 heavy (non-hydrogen) atoms. The molecule has 0 fully saturated rings. The molecule has 0 aliphatic carbocycles. The van der Waals surface area contributed by atoms with Gasteiger partial charge in [0.25, 0.3) is 11.5 Å². The molecule has 0 saturated carbocycles. The summed E-state index contributed by atoms with van der Waals surface area (Å²) in [4.78, 5) is 30.6. The summed E-state index contributed by atoms with van der Waals surface area (Å²) in [6, 6.07) is 18.3. The number of benzene rings is 3. The van der Waals surface area contributed by atoms with E-state index in [2.05, 4.69) is 26.3 Å². The lowest BCUT2D eigenvalue weighted by molar-refractivity contribution is -0.118. The predicted molar refractivity (Wildman–Crippen MR) is 158 cm³/mol. The van der Waals surface area contributed by atoms with E-state index in [-0.39, 0.29) is 24.0 Å². The van der Waals surface area contributed by atoms with Crippen LogP contribution in [-0.4, -0.2) is 35.0 Å². The standard InChI is InChI=1S/C30H31BrN4O4/c1-5-19(3)29-34-25-13-12-22(31)16-23(25)30(37)35(29)32-17-21-11-14-26(27(15-21)38-6-2)39-18-28(36)33-24-10-8-7-9-20(24)4/h7-17,19H,5-6,18H2,1-4H3,(H,33,36)/t19-/m1/s1. The molecule has 0 radical (unpaired) electrons. The number of aromatic nitrogens is 2. The molecular formula is C30H31BrN4O4. The van der Waals surface area contributed by atoms with Crippen LogP contribution in [0.1, 0.15) is 50.1 Å². The Morgan fingerprint density at radius 1 is 1.10 bits per heavy atom. The van der Waals surface area contributed by atoms with Crippen molar-refractivity contribution in [2.75, 3.05) is 18.5 Å². The number of nitrogens with one attached hydrogen (secondary N) is 1. The van der Waals surface area contributed by atoms with Crippen LogP contribution in [0.5, 0.6) is 11.5 Å². The molecule has 0 saturated heterocycles. The Morgan fingerprint density at radius 3 is 2.64 bits per heavy atom. The van der Waals surface area contributed by atoms with Crippen LogP contribution in [0.2, 0.25) is 0 Å². The van der Waals surface area contributed by atoms with Crippen LogP contribution in [0.25, 0.3) is 10.9 Å². The maximum atomic E-state index is 13.4. The second kappa shape index (κ2) is 12.7. The molecule has 0 spiro atoms. The maximum Gasteiger partial charge on any atom is 0.282 e. The topological polar surface area (TPSA) is 94.8 Å². The minimum Gasteiger partial charge on any atom is -0.490 e. The van der Waals surface area contributed by atoms with Gasteiger partial charge in [-0.25, -0.2) is 4.98 Å². The Kier molecular flexibility index (Phi) is 9.14. The molecule has 4 rings (SSSR count). The second-order valence-electron chi connectivity index (χ2n) is 9.09. The number of nitrogens with zero attached hydrogens (tertiary/aromatic N) is 3. The van der Waals surface area contributed by atoms with Crippen molar-refractivity contribution in [3.05, 3.63) is 92.4 Å². The summed E-state index contributed by atoms with van der Waals surface area (Å²) in [7, 11) is 0. The minimum absolute atomic E-state index is 0.0310. The molecule has 4 aromatic rings. The van der Waals surface area contributed by atoms with Gasteiger partial charge < -0.3 is 14.8 Å². The summed E-state index contributed by atoms with van der Waals surface area (Å²) >= 11 is 3.43. The molecule has 0 unspecified atom stereocenters. The zero-order chi connectivity index (χ0) is 27.9. The second-order valence-corrected chi connectivity index (χ2v) is 10.0. The van der Waals surface area contributed by atoms with Crippen LogP contribution in [-0.2, 0) is 4.79 Å². The van der Waals surface area contributed by atoms with E-state index in [9.17, 15) is 9.59 Å². The van der Waals surface area contributed by atoms with E-state index in [0.717, 1.165) is 22.1 Å². The molecule has 1 amide bonds. The lowest BCUT2D eigenvalue weighted by atomic mass is 10.1. The summed E-state index contributed by atoms with van der Waals surface area (Å²) in [6.07, 6.45) is 2.40. The number of aryl methyl sites for hydroxylation is 1. The van der Waals surface area contributed by atoms with Gasteiger partial charge in [-0.1, -0.05) is 48.0 Å². The van der Waals surface area contributed by atoms with Gasteiger partial charge in [0.15, 0.2) is 18.1 Å². The van der Waals surface area contributed by atoms with Gasteiger partial charge in [-0.15, -0.1) is 0 Å². The lowest BCUT2D eigenvalue weighted by Gasteiger charge is -2.14. The zero-order valence-corrected chi connectivity index (χ0v) is 24.0. The van der Waals surface area contributed by atoms with E-state index in [0.29, 0.717) is 40.4 Å². The minimum atomic E-state index is -0.273. The summed E-state index contributed by atoms with van der Waals surface area (Å²) in [5, 5.41) is 7.86. The monoisotopic (exact) mass is 590 g/mol. The number of hydrogen-bond acceptors (Lipinski definition) is 6. The number of carbonyl (C=O) groups is 1. The van der Waals surface area contributed by atoms with E-state index in [4.69, 9.17) is 14.5 Å². The van der Waals surface area contributed by atoms with Crippen molar-refractivity contribution in [1.29, 1.82) is 0 Å². The van der Waals surface area contributed by atoms with Gasteiger partial charge in [0.2, 0.25) is 0 Å². The number of anilines is 1. The van der Waals surface area contributed by atoms with Gasteiger partial charge in [-0.3, -0.25) is 9.59 Å². The molecule has 0 bridgehead atoms. The van der Waals surface area contributed by atoms with E-state index < -0.39 is 0 Å². The number of hydrogen-bond donors (Lipinski definition) is 1. The van der Waals surface area contributed by atoms with Gasteiger partial charge in [0.05, 0.1) is 23.7 Å². The van der Waals surface area contributed by atoms with E-state index in [1.807, 2.05) is 64.1 Å². The zero-order valence-electron chi connectivity index (χ0n) is 22.4. The smallest absolute Gasteiger partial charge is 0.282 e. The number of halogens is 1. The third kappa shape index (κ3) is 6.72. The van der Waals surface area contributed by atoms with Crippen molar-refractivity contribution < 1.29 is 14.3 Å². The fourth-order valence-corrected chi connectivity index (χ4v) is 4.30. The van der Waals surface area contributed by atoms with E-state index >= 15 is 0 Å². The molecule has 8 nitrogen and oxygen atoms in total. The third-order valence-electron chi connectivity index (χ3n) is 6.25. The first-order chi connectivity index (χ1) is 18.8. The maximum absolute atomic E-state index is 13.4. The fraction of sp³-hybridized carbons (Fsp3) is 0.267. The van der Waals surface area contributed by atoms with Gasteiger partial charge in [0.1, 0.15) is 5.82 Å². The summed E-state index contributed by atoms with van der Waals surface area (Å²) in [6.45, 7) is 8.10. The summed E-state index contributed by atoms with van der Waals surface area (Å²) in [5.41, 5.74) is 2.81. The van der Waals surface area contributed by atoms with Crippen LogP contribution >= 0.6 is 15.9 Å². The SMILES string of the molecule is CCOc1cc(C=Nn2c([C@H](C)CC)nc3ccc(Br)cc3c2=O)ccc1OCC(=O)Nc1ccccc1C. The number of fused-ring (bicyclic) bond motifs is 1. The highest BCUT2D eigenvalue weighted by atomic mass is 79.9. The average Bonchev–Trinajstić information content (AvgIpc) is 2.93. The van der Waals surface area contributed by atoms with E-state index in [1.165, 1.54) is 4.68 Å². The first kappa shape index (κ1) is 28.0.